The fourth-order valence-corrected chi connectivity index (χ4v) is 2.55. The number of fused-ring (bicyclic) bond motifs is 1. The fourth-order valence-electron chi connectivity index (χ4n) is 1.58. The second-order valence-corrected chi connectivity index (χ2v) is 4.69. The Morgan fingerprint density at radius 3 is 2.59 bits per heavy atom. The first-order chi connectivity index (χ1) is 7.95. The molecule has 1 N–H and O–H groups in total. The summed E-state index contributed by atoms with van der Waals surface area (Å²) >= 11 is 1.31. The molecule has 0 saturated heterocycles. The number of anilines is 1. The van der Waals surface area contributed by atoms with Crippen molar-refractivity contribution < 1.29 is 13.2 Å². The van der Waals surface area contributed by atoms with Crippen molar-refractivity contribution in [2.75, 3.05) is 12.4 Å². The molecule has 6 heteroatoms. The van der Waals surface area contributed by atoms with Gasteiger partial charge in [-0.25, -0.2) is 4.98 Å². The van der Waals surface area contributed by atoms with E-state index >= 15 is 0 Å². The Labute approximate surface area is 100 Å². The Balaban J connectivity index is 2.68. The van der Waals surface area contributed by atoms with Crippen molar-refractivity contribution in [2.45, 2.75) is 19.5 Å². The third kappa shape index (κ3) is 2.22. The quantitative estimate of drug-likeness (QED) is 0.885. The molecule has 0 spiro atoms. The van der Waals surface area contributed by atoms with E-state index in [9.17, 15) is 13.2 Å². The number of alkyl halides is 3. The summed E-state index contributed by atoms with van der Waals surface area (Å²) in [6, 6.07) is 2.26. The summed E-state index contributed by atoms with van der Waals surface area (Å²) in [5, 5.41) is 3.61. The number of thiazole rings is 1. The molecule has 1 heterocycles. The van der Waals surface area contributed by atoms with Crippen LogP contribution in [0.2, 0.25) is 0 Å². The van der Waals surface area contributed by atoms with Crippen molar-refractivity contribution in [2.24, 2.45) is 0 Å². The monoisotopic (exact) mass is 260 g/mol. The van der Waals surface area contributed by atoms with Gasteiger partial charge in [0.25, 0.3) is 0 Å². The Kier molecular flexibility index (Phi) is 2.99. The predicted octanol–water partition coefficient (Wildman–Crippen LogP) is 3.92. The van der Waals surface area contributed by atoms with Crippen LogP contribution in [0.4, 0.5) is 18.9 Å². The molecule has 92 valence electrons. The third-order valence-corrected chi connectivity index (χ3v) is 3.59. The number of nitrogens with one attached hydrogen (secondary N) is 1. The molecule has 0 saturated carbocycles. The van der Waals surface area contributed by atoms with E-state index in [1.165, 1.54) is 11.3 Å². The maximum Gasteiger partial charge on any atom is 0.416 e. The smallest absolute Gasteiger partial charge is 0.386 e. The zero-order valence-electron chi connectivity index (χ0n) is 9.35. The molecule has 0 unspecified atom stereocenters. The maximum atomic E-state index is 12.7. The van der Waals surface area contributed by atoms with E-state index in [0.717, 1.165) is 23.6 Å². The van der Waals surface area contributed by atoms with Gasteiger partial charge in [0, 0.05) is 7.05 Å². The molecule has 0 aliphatic rings. The summed E-state index contributed by atoms with van der Waals surface area (Å²) in [6.45, 7) is 1.93. The molecule has 0 fully saturated rings. The van der Waals surface area contributed by atoms with Gasteiger partial charge >= 0.3 is 6.18 Å². The molecule has 1 aromatic heterocycles. The second-order valence-electron chi connectivity index (χ2n) is 3.58. The highest BCUT2D eigenvalue weighted by atomic mass is 32.1. The lowest BCUT2D eigenvalue weighted by atomic mass is 10.2. The Hall–Kier alpha value is -1.30. The van der Waals surface area contributed by atoms with Crippen LogP contribution < -0.4 is 5.32 Å². The molecule has 0 aliphatic heterocycles. The Bertz CT molecular complexity index is 545. The molecule has 0 radical (unpaired) electrons. The van der Waals surface area contributed by atoms with Crippen LogP contribution in [0, 0.1) is 0 Å². The van der Waals surface area contributed by atoms with Gasteiger partial charge in [0.15, 0.2) is 0 Å². The summed E-state index contributed by atoms with van der Waals surface area (Å²) in [6.07, 6.45) is -3.60. The van der Waals surface area contributed by atoms with Crippen molar-refractivity contribution >= 4 is 27.2 Å². The van der Waals surface area contributed by atoms with Gasteiger partial charge < -0.3 is 5.32 Å². The van der Waals surface area contributed by atoms with Crippen molar-refractivity contribution in [1.82, 2.24) is 4.98 Å². The SMILES string of the molecule is CCc1nc2c(NC)cc(C(F)(F)F)cc2s1. The van der Waals surface area contributed by atoms with Crippen LogP contribution in [-0.2, 0) is 12.6 Å². The fraction of sp³-hybridized carbons (Fsp3) is 0.364. The first kappa shape index (κ1) is 12.2. The molecule has 1 aromatic carbocycles. The van der Waals surface area contributed by atoms with E-state index in [1.807, 2.05) is 6.92 Å². The lowest BCUT2D eigenvalue weighted by molar-refractivity contribution is -0.137. The summed E-state index contributed by atoms with van der Waals surface area (Å²) in [7, 11) is 1.60. The first-order valence-corrected chi connectivity index (χ1v) is 5.95. The van der Waals surface area contributed by atoms with Gasteiger partial charge in [-0.1, -0.05) is 6.92 Å². The second kappa shape index (κ2) is 4.18. The number of benzene rings is 1. The summed E-state index contributed by atoms with van der Waals surface area (Å²) in [5.74, 6) is 0. The van der Waals surface area contributed by atoms with Crippen molar-refractivity contribution in [3.05, 3.63) is 22.7 Å². The van der Waals surface area contributed by atoms with E-state index in [2.05, 4.69) is 10.3 Å². The van der Waals surface area contributed by atoms with Gasteiger partial charge in [-0.15, -0.1) is 11.3 Å². The maximum absolute atomic E-state index is 12.7. The van der Waals surface area contributed by atoms with Crippen LogP contribution in [0.25, 0.3) is 10.2 Å². The summed E-state index contributed by atoms with van der Waals surface area (Å²) in [5.41, 5.74) is 0.397. The van der Waals surface area contributed by atoms with Crippen LogP contribution in [0.1, 0.15) is 17.5 Å². The first-order valence-electron chi connectivity index (χ1n) is 5.14. The summed E-state index contributed by atoms with van der Waals surface area (Å²) < 4.78 is 38.6. The highest BCUT2D eigenvalue weighted by Crippen LogP contribution is 2.37. The number of halogens is 3. The number of nitrogens with zero attached hydrogens (tertiary/aromatic N) is 1. The third-order valence-electron chi connectivity index (χ3n) is 2.44. The molecular weight excluding hydrogens is 249 g/mol. The molecule has 0 amide bonds. The van der Waals surface area contributed by atoms with Gasteiger partial charge in [0.2, 0.25) is 0 Å². The van der Waals surface area contributed by atoms with Crippen LogP contribution in [0.5, 0.6) is 0 Å². The van der Waals surface area contributed by atoms with Gasteiger partial charge in [0.05, 0.1) is 21.0 Å². The average molecular weight is 260 g/mol. The molecule has 17 heavy (non-hydrogen) atoms. The number of hydrogen-bond donors (Lipinski definition) is 1. The molecule has 2 aromatic rings. The minimum atomic E-state index is -4.32. The zero-order chi connectivity index (χ0) is 12.6. The standard InChI is InChI=1S/C11H11F3N2S/c1-3-9-16-10-7(15-2)4-6(11(12,13)14)5-8(10)17-9/h4-5,15H,3H2,1-2H3. The molecule has 0 aliphatic carbocycles. The summed E-state index contributed by atoms with van der Waals surface area (Å²) in [4.78, 5) is 4.31. The topological polar surface area (TPSA) is 24.9 Å². The van der Waals surface area contributed by atoms with E-state index in [1.54, 1.807) is 7.05 Å². The van der Waals surface area contributed by atoms with E-state index in [4.69, 9.17) is 0 Å². The van der Waals surface area contributed by atoms with Crippen molar-refractivity contribution in [3.63, 3.8) is 0 Å². The molecule has 0 bridgehead atoms. The highest BCUT2D eigenvalue weighted by Gasteiger charge is 2.31. The number of aryl methyl sites for hydroxylation is 1. The molecule has 0 atom stereocenters. The van der Waals surface area contributed by atoms with E-state index < -0.39 is 11.7 Å². The van der Waals surface area contributed by atoms with Gasteiger partial charge in [0.1, 0.15) is 5.52 Å². The number of rotatable bonds is 2. The van der Waals surface area contributed by atoms with Crippen molar-refractivity contribution in [3.8, 4) is 0 Å². The minimum Gasteiger partial charge on any atom is -0.386 e. The van der Waals surface area contributed by atoms with Crippen molar-refractivity contribution in [1.29, 1.82) is 0 Å². The van der Waals surface area contributed by atoms with Gasteiger partial charge in [-0.3, -0.25) is 0 Å². The highest BCUT2D eigenvalue weighted by molar-refractivity contribution is 7.18. The molecule has 2 nitrogen and oxygen atoms in total. The van der Waals surface area contributed by atoms with E-state index in [-0.39, 0.29) is 0 Å². The predicted molar refractivity (Wildman–Crippen MR) is 63.5 cm³/mol. The lowest BCUT2D eigenvalue weighted by Crippen LogP contribution is -2.05. The molecular formula is C11H11F3N2S. The lowest BCUT2D eigenvalue weighted by Gasteiger charge is -2.09. The molecule has 2 rings (SSSR count). The Morgan fingerprint density at radius 2 is 2.06 bits per heavy atom. The number of hydrogen-bond acceptors (Lipinski definition) is 3. The van der Waals surface area contributed by atoms with Gasteiger partial charge in [-0.2, -0.15) is 13.2 Å². The normalized spacial score (nSPS) is 12.1. The largest absolute Gasteiger partial charge is 0.416 e. The average Bonchev–Trinajstić information content (AvgIpc) is 2.69. The minimum absolute atomic E-state index is 0.422. The van der Waals surface area contributed by atoms with Gasteiger partial charge in [-0.05, 0) is 18.6 Å². The zero-order valence-corrected chi connectivity index (χ0v) is 10.2. The van der Waals surface area contributed by atoms with Crippen LogP contribution in [-0.4, -0.2) is 12.0 Å². The van der Waals surface area contributed by atoms with E-state index in [0.29, 0.717) is 15.9 Å². The van der Waals surface area contributed by atoms with Crippen LogP contribution in [0.15, 0.2) is 12.1 Å². The Morgan fingerprint density at radius 1 is 1.35 bits per heavy atom. The van der Waals surface area contributed by atoms with Crippen LogP contribution >= 0.6 is 11.3 Å². The number of aromatic nitrogens is 1. The van der Waals surface area contributed by atoms with Crippen LogP contribution in [0.3, 0.4) is 0 Å².